The lowest BCUT2D eigenvalue weighted by Crippen LogP contribution is -1.98. The number of hydrogen-bond donors (Lipinski definition) is 1. The van der Waals surface area contributed by atoms with Crippen LogP contribution in [0.2, 0.25) is 0 Å². The Hall–Kier alpha value is 1.02. The van der Waals surface area contributed by atoms with E-state index in [0.717, 1.165) is 0 Å². The zero-order valence-electron chi connectivity index (χ0n) is 2.66. The van der Waals surface area contributed by atoms with Crippen LogP contribution in [0.15, 0.2) is 0 Å². The topological polar surface area (TPSA) is 20.2 Å². The van der Waals surface area contributed by atoms with E-state index in [0.29, 0.717) is 6.61 Å². The number of aliphatic hydroxyl groups excluding tert-OH is 1. The summed E-state index contributed by atoms with van der Waals surface area (Å²) in [5.74, 6) is 0. The van der Waals surface area contributed by atoms with E-state index in [9.17, 15) is 0 Å². The van der Waals surface area contributed by atoms with Crippen LogP contribution in [0.5, 0.6) is 0 Å². The molecule has 1 N–H and O–H groups in total. The molecule has 0 aliphatic carbocycles. The van der Waals surface area contributed by atoms with E-state index in [-0.39, 0.29) is 0 Å². The van der Waals surface area contributed by atoms with Gasteiger partial charge in [0.2, 0.25) is 0 Å². The van der Waals surface area contributed by atoms with Crippen molar-refractivity contribution in [1.82, 2.24) is 0 Å². The van der Waals surface area contributed by atoms with Crippen molar-refractivity contribution in [3.8, 4) is 0 Å². The van der Waals surface area contributed by atoms with Crippen LogP contribution < -0.4 is 0 Å². The molecule has 0 saturated carbocycles. The molecule has 0 atom stereocenters. The Kier molecular flexibility index (Phi) is 2.76. The van der Waals surface area contributed by atoms with Gasteiger partial charge in [-0.05, 0) is 15.9 Å². The van der Waals surface area contributed by atoms with Crippen LogP contribution in [-0.2, 0) is 0 Å². The molecule has 0 fully saturated rings. The van der Waals surface area contributed by atoms with Gasteiger partial charge >= 0.3 is 0 Å². The van der Waals surface area contributed by atoms with E-state index < -0.39 is 3.24 Å². The summed E-state index contributed by atoms with van der Waals surface area (Å²) >= 11 is 12.9. The Balaban J connectivity index is 3.17. The van der Waals surface area contributed by atoms with Gasteiger partial charge in [-0.3, -0.25) is 0 Å². The largest absolute Gasteiger partial charge is 0.386 e. The highest BCUT2D eigenvalue weighted by molar-refractivity contribution is 9.11. The molecule has 1 nitrogen and oxygen atoms in total. The van der Waals surface area contributed by atoms with Crippen LogP contribution >= 0.6 is 39.1 Å². The zero-order valence-corrected chi connectivity index (χ0v) is 5.76. The smallest absolute Gasteiger partial charge is 0.200 e. The summed E-state index contributed by atoms with van der Waals surface area (Å²) in [7, 11) is 0. The molecule has 0 spiro atoms. The standard InChI is InChI=1S/C2H2BrCl2O/c3-2(4,5)1-6/h1,6H. The molecule has 0 aliphatic rings. The molecular weight excluding hydrogens is 191 g/mol. The van der Waals surface area contributed by atoms with Gasteiger partial charge in [-0.15, -0.1) is 0 Å². The van der Waals surface area contributed by atoms with E-state index >= 15 is 0 Å². The molecule has 0 aromatic heterocycles. The van der Waals surface area contributed by atoms with Crippen LogP contribution in [0.1, 0.15) is 0 Å². The second kappa shape index (κ2) is 2.36. The number of halogens is 3. The number of alkyl halides is 3. The van der Waals surface area contributed by atoms with Gasteiger partial charge in [0.15, 0.2) is 3.24 Å². The molecule has 0 aromatic carbocycles. The van der Waals surface area contributed by atoms with Gasteiger partial charge in [-0.2, -0.15) is 0 Å². The van der Waals surface area contributed by atoms with Crippen molar-refractivity contribution in [2.45, 2.75) is 3.24 Å². The minimum absolute atomic E-state index is 0.635. The van der Waals surface area contributed by atoms with Crippen LogP contribution in [-0.4, -0.2) is 8.35 Å². The summed E-state index contributed by atoms with van der Waals surface area (Å²) in [6.07, 6.45) is 0. The molecule has 0 unspecified atom stereocenters. The van der Waals surface area contributed by atoms with Crippen LogP contribution in [0.4, 0.5) is 0 Å². The fraction of sp³-hybridized carbons (Fsp3) is 0.500. The lowest BCUT2D eigenvalue weighted by atomic mass is 10.9. The zero-order chi connectivity index (χ0) is 5.21. The number of rotatable bonds is 1. The third-order valence-electron chi connectivity index (χ3n) is 0.146. The summed E-state index contributed by atoms with van der Waals surface area (Å²) in [6, 6.07) is 0. The van der Waals surface area contributed by atoms with Gasteiger partial charge in [-0.1, -0.05) is 23.2 Å². The maximum Gasteiger partial charge on any atom is 0.200 e. The van der Waals surface area contributed by atoms with Gasteiger partial charge < -0.3 is 5.11 Å². The van der Waals surface area contributed by atoms with Gasteiger partial charge in [-0.25, -0.2) is 0 Å². The van der Waals surface area contributed by atoms with Crippen LogP contribution in [0.25, 0.3) is 0 Å². The third-order valence-corrected chi connectivity index (χ3v) is 0.546. The van der Waals surface area contributed by atoms with Crippen molar-refractivity contribution in [1.29, 1.82) is 0 Å². The third kappa shape index (κ3) is 5.02. The Bertz CT molecular complexity index is 41.3. The summed E-state index contributed by atoms with van der Waals surface area (Å²) in [4.78, 5) is 0. The van der Waals surface area contributed by atoms with Crippen molar-refractivity contribution in [2.75, 3.05) is 0 Å². The molecule has 6 heavy (non-hydrogen) atoms. The first-order valence-corrected chi connectivity index (χ1v) is 2.66. The summed E-state index contributed by atoms with van der Waals surface area (Å²) in [6.45, 7) is 0.635. The molecular formula is C2H2BrCl2O. The Labute approximate surface area is 54.4 Å². The molecule has 37 valence electrons. The average Bonchev–Trinajstić information content (AvgIpc) is 1.35. The second-order valence-corrected chi connectivity index (χ2v) is 4.22. The van der Waals surface area contributed by atoms with Gasteiger partial charge in [0.25, 0.3) is 0 Å². The molecule has 4 heteroatoms. The Morgan fingerprint density at radius 1 is 1.67 bits per heavy atom. The first-order valence-electron chi connectivity index (χ1n) is 1.11. The lowest BCUT2D eigenvalue weighted by Gasteiger charge is -2.01. The van der Waals surface area contributed by atoms with E-state index in [1.54, 1.807) is 0 Å². The van der Waals surface area contributed by atoms with Crippen LogP contribution in [0, 0.1) is 6.61 Å². The molecule has 1 radical (unpaired) electrons. The summed E-state index contributed by atoms with van der Waals surface area (Å²) in [5.41, 5.74) is 0. The minimum atomic E-state index is -1.27. The Morgan fingerprint density at radius 3 is 1.83 bits per heavy atom. The first-order chi connectivity index (χ1) is 2.56. The fourth-order valence-corrected chi connectivity index (χ4v) is 0. The van der Waals surface area contributed by atoms with Crippen molar-refractivity contribution < 1.29 is 5.11 Å². The normalized spacial score (nSPS) is 12.0. The van der Waals surface area contributed by atoms with Crippen LogP contribution in [0.3, 0.4) is 0 Å². The molecule has 0 aliphatic heterocycles. The maximum absolute atomic E-state index is 7.97. The fourth-order valence-electron chi connectivity index (χ4n) is 0. The highest BCUT2D eigenvalue weighted by Gasteiger charge is 2.16. The van der Waals surface area contributed by atoms with E-state index in [2.05, 4.69) is 15.9 Å². The predicted octanol–water partition coefficient (Wildman–Crippen LogP) is 2.05. The quantitative estimate of drug-likeness (QED) is 0.631. The number of aliphatic hydroxyl groups is 1. The summed E-state index contributed by atoms with van der Waals surface area (Å²) < 4.78 is -1.27. The maximum atomic E-state index is 7.97. The molecule has 0 aromatic rings. The molecule has 0 bridgehead atoms. The lowest BCUT2D eigenvalue weighted by molar-refractivity contribution is 0.392. The number of hydrogen-bond acceptors (Lipinski definition) is 1. The summed E-state index contributed by atoms with van der Waals surface area (Å²) in [5, 5.41) is 7.97. The van der Waals surface area contributed by atoms with Crippen molar-refractivity contribution in [2.24, 2.45) is 0 Å². The van der Waals surface area contributed by atoms with Gasteiger partial charge in [0.05, 0.1) is 0 Å². The monoisotopic (exact) mass is 191 g/mol. The molecule has 0 rings (SSSR count). The minimum Gasteiger partial charge on any atom is -0.386 e. The predicted molar refractivity (Wildman–Crippen MR) is 29.6 cm³/mol. The van der Waals surface area contributed by atoms with E-state index in [4.69, 9.17) is 28.3 Å². The highest BCUT2D eigenvalue weighted by Crippen LogP contribution is 2.29. The van der Waals surface area contributed by atoms with E-state index in [1.807, 2.05) is 0 Å². The Morgan fingerprint density at radius 2 is 1.83 bits per heavy atom. The molecule has 0 amide bonds. The molecule has 0 saturated heterocycles. The second-order valence-electron chi connectivity index (χ2n) is 0.671. The van der Waals surface area contributed by atoms with Gasteiger partial charge in [0.1, 0.15) is 6.61 Å². The van der Waals surface area contributed by atoms with Gasteiger partial charge in [0, 0.05) is 0 Å². The van der Waals surface area contributed by atoms with Crippen molar-refractivity contribution in [3.63, 3.8) is 0 Å². The van der Waals surface area contributed by atoms with E-state index in [1.165, 1.54) is 0 Å². The average molecular weight is 193 g/mol. The first kappa shape index (κ1) is 7.02. The molecule has 0 heterocycles. The SMILES string of the molecule is O[CH]C(Cl)(Cl)Br. The van der Waals surface area contributed by atoms with Crippen molar-refractivity contribution in [3.05, 3.63) is 6.61 Å². The highest BCUT2D eigenvalue weighted by atomic mass is 79.9. The van der Waals surface area contributed by atoms with Crippen molar-refractivity contribution >= 4 is 39.1 Å².